The Bertz CT molecular complexity index is 1490. The van der Waals surface area contributed by atoms with E-state index in [1.165, 1.54) is 0 Å². The van der Waals surface area contributed by atoms with Crippen LogP contribution in [0.4, 0.5) is 4.79 Å². The van der Waals surface area contributed by atoms with Gasteiger partial charge in [-0.2, -0.15) is 0 Å². The molecule has 0 bridgehead atoms. The number of amides is 3. The fourth-order valence-corrected chi connectivity index (χ4v) is 6.64. The number of nitrogens with one attached hydrogen (secondary N) is 2. The maximum atomic E-state index is 14.5. The van der Waals surface area contributed by atoms with Gasteiger partial charge in [0.05, 0.1) is 22.7 Å². The summed E-state index contributed by atoms with van der Waals surface area (Å²) in [6, 6.07) is 12.6. The molecule has 2 aromatic rings. The van der Waals surface area contributed by atoms with Gasteiger partial charge in [0.15, 0.2) is 0 Å². The van der Waals surface area contributed by atoms with E-state index in [4.69, 9.17) is 37.4 Å². The molecule has 13 heteroatoms. The molecule has 50 heavy (non-hydrogen) atoms. The van der Waals surface area contributed by atoms with E-state index in [9.17, 15) is 19.2 Å². The second kappa shape index (κ2) is 17.1. The third kappa shape index (κ3) is 11.8. The fraction of sp³-hybridized carbons (Fsp3) is 0.568. The number of hydrogen-bond donors (Lipinski definition) is 2. The quantitative estimate of drug-likeness (QED) is 0.250. The summed E-state index contributed by atoms with van der Waals surface area (Å²) in [5.41, 5.74) is -0.641. The maximum absolute atomic E-state index is 14.5. The largest absolute Gasteiger partial charge is 0.494 e. The number of halogens is 2. The second-order valence-electron chi connectivity index (χ2n) is 14.8. The highest BCUT2D eigenvalue weighted by molar-refractivity contribution is 6.42. The summed E-state index contributed by atoms with van der Waals surface area (Å²) in [5, 5.41) is 6.65. The van der Waals surface area contributed by atoms with Crippen molar-refractivity contribution in [1.29, 1.82) is 0 Å². The Balaban J connectivity index is 1.56. The van der Waals surface area contributed by atoms with Crippen molar-refractivity contribution in [3.05, 3.63) is 64.1 Å². The van der Waals surface area contributed by atoms with Crippen molar-refractivity contribution in [1.82, 2.24) is 20.4 Å². The van der Waals surface area contributed by atoms with Crippen LogP contribution in [-0.2, 0) is 30.4 Å². The molecule has 2 aliphatic heterocycles. The first-order chi connectivity index (χ1) is 23.5. The molecule has 0 aliphatic carbocycles. The van der Waals surface area contributed by atoms with Crippen LogP contribution in [0.2, 0.25) is 10.0 Å². The van der Waals surface area contributed by atoms with Gasteiger partial charge in [0.1, 0.15) is 23.0 Å². The predicted molar refractivity (Wildman–Crippen MR) is 192 cm³/mol. The first-order valence-electron chi connectivity index (χ1n) is 17.2. The number of nitrogens with zero attached hydrogens (tertiary/aromatic N) is 2. The van der Waals surface area contributed by atoms with Crippen molar-refractivity contribution in [2.75, 3.05) is 19.7 Å². The van der Waals surface area contributed by atoms with Gasteiger partial charge >= 0.3 is 12.1 Å². The van der Waals surface area contributed by atoms with Gasteiger partial charge in [0.2, 0.25) is 11.8 Å². The summed E-state index contributed by atoms with van der Waals surface area (Å²) in [6.45, 7) is 12.0. The van der Waals surface area contributed by atoms with E-state index in [1.54, 1.807) is 64.6 Å². The van der Waals surface area contributed by atoms with Gasteiger partial charge in [-0.05, 0) is 97.1 Å². The summed E-state index contributed by atoms with van der Waals surface area (Å²) in [4.78, 5) is 57.7. The van der Waals surface area contributed by atoms with Crippen molar-refractivity contribution in [2.24, 2.45) is 0 Å². The zero-order chi connectivity index (χ0) is 36.6. The molecule has 0 aromatic heterocycles. The molecule has 2 aliphatic rings. The molecule has 11 nitrogen and oxygen atoms in total. The van der Waals surface area contributed by atoms with Crippen molar-refractivity contribution in [3.63, 3.8) is 0 Å². The number of para-hydroxylation sites is 1. The van der Waals surface area contributed by atoms with Gasteiger partial charge in [-0.15, -0.1) is 0 Å². The van der Waals surface area contributed by atoms with Gasteiger partial charge < -0.3 is 29.7 Å². The molecule has 2 N–H and O–H groups in total. The van der Waals surface area contributed by atoms with E-state index >= 15 is 0 Å². The number of esters is 1. The van der Waals surface area contributed by atoms with Crippen LogP contribution in [-0.4, -0.2) is 88.7 Å². The number of ether oxygens (including phenoxy) is 3. The van der Waals surface area contributed by atoms with E-state index in [0.717, 1.165) is 11.3 Å². The van der Waals surface area contributed by atoms with Crippen LogP contribution < -0.4 is 15.4 Å². The maximum Gasteiger partial charge on any atom is 0.407 e. The molecular formula is C37H50Cl2N4O7. The van der Waals surface area contributed by atoms with Gasteiger partial charge in [-0.1, -0.05) is 47.5 Å². The highest BCUT2D eigenvalue weighted by atomic mass is 35.5. The van der Waals surface area contributed by atoms with Crippen molar-refractivity contribution in [2.45, 2.75) is 116 Å². The van der Waals surface area contributed by atoms with Crippen LogP contribution in [0.5, 0.6) is 5.75 Å². The number of benzene rings is 2. The Kier molecular flexibility index (Phi) is 13.4. The number of rotatable bonds is 12. The molecule has 274 valence electrons. The Labute approximate surface area is 305 Å². The van der Waals surface area contributed by atoms with E-state index < -0.39 is 41.3 Å². The Morgan fingerprint density at radius 2 is 1.66 bits per heavy atom. The lowest BCUT2D eigenvalue weighted by Crippen LogP contribution is -2.53. The topological polar surface area (TPSA) is 127 Å². The van der Waals surface area contributed by atoms with E-state index in [0.29, 0.717) is 49.0 Å². The first kappa shape index (κ1) is 39.2. The Hall–Kier alpha value is -3.54. The van der Waals surface area contributed by atoms with Gasteiger partial charge in [0.25, 0.3) is 0 Å². The van der Waals surface area contributed by atoms with E-state index in [-0.39, 0.29) is 37.4 Å². The minimum atomic E-state index is -0.947. The molecule has 0 saturated carbocycles. The Morgan fingerprint density at radius 3 is 2.32 bits per heavy atom. The molecule has 0 spiro atoms. The zero-order valence-corrected chi connectivity index (χ0v) is 31.3. The van der Waals surface area contributed by atoms with E-state index in [2.05, 4.69) is 15.5 Å². The lowest BCUT2D eigenvalue weighted by molar-refractivity contribution is -0.156. The predicted octanol–water partition coefficient (Wildman–Crippen LogP) is 6.14. The van der Waals surface area contributed by atoms with Crippen LogP contribution in [0.15, 0.2) is 48.5 Å². The first-order valence-corrected chi connectivity index (χ1v) is 17.9. The molecule has 0 radical (unpaired) electrons. The summed E-state index contributed by atoms with van der Waals surface area (Å²) in [6.07, 6.45) is 0.985. The fourth-order valence-electron chi connectivity index (χ4n) is 6.32. The number of fused-ring (bicyclic) bond motifs is 1. The van der Waals surface area contributed by atoms with Crippen LogP contribution in [0.3, 0.4) is 0 Å². The minimum absolute atomic E-state index is 0.0581. The Morgan fingerprint density at radius 1 is 0.960 bits per heavy atom. The van der Waals surface area contributed by atoms with Gasteiger partial charge in [0, 0.05) is 38.1 Å². The molecule has 2 heterocycles. The lowest BCUT2D eigenvalue weighted by atomic mass is 10.0. The number of hydrogen-bond acceptors (Lipinski definition) is 8. The van der Waals surface area contributed by atoms with Crippen LogP contribution >= 0.6 is 23.2 Å². The molecule has 4 rings (SSSR count). The standard InChI is InChI=1S/C37H50Cl2N4O7/c1-36(2,3)49-32(44)15-14-30(33(45)40-22-24-12-13-28(38)29(39)20-24)42-18-16-26(17-19-48-27-10-8-7-9-11-27)43-23-25(21-31(43)34(42)46)41-35(47)50-37(4,5)6/h7-13,20,25-26,30-31H,14-19,21-23H2,1-6H3,(H,40,45)(H,41,47)/t25-,26?,30-,31+/m1/s1. The van der Waals surface area contributed by atoms with Crippen molar-refractivity contribution >= 4 is 47.1 Å². The van der Waals surface area contributed by atoms with Crippen LogP contribution in [0, 0.1) is 0 Å². The zero-order valence-electron chi connectivity index (χ0n) is 29.8. The lowest BCUT2D eigenvalue weighted by Gasteiger charge is -2.32. The third-order valence-corrected chi connectivity index (χ3v) is 9.17. The number of alkyl carbamates (subject to hydrolysis) is 1. The normalized spacial score (nSPS) is 20.4. The number of carbonyl (C=O) groups excluding carboxylic acids is 4. The highest BCUT2D eigenvalue weighted by Crippen LogP contribution is 2.31. The minimum Gasteiger partial charge on any atom is -0.494 e. The molecule has 4 atom stereocenters. The number of carbonyl (C=O) groups is 4. The molecule has 2 aromatic carbocycles. The van der Waals surface area contributed by atoms with Gasteiger partial charge in [-0.3, -0.25) is 19.3 Å². The SMILES string of the molecule is CC(C)(C)OC(=O)CC[C@H](C(=O)NCc1ccc(Cl)c(Cl)c1)N1CCC(CCOc2ccccc2)N2C[C@H](NC(=O)OC(C)(C)C)C[C@H]2C1=O. The third-order valence-electron chi connectivity index (χ3n) is 8.44. The summed E-state index contributed by atoms with van der Waals surface area (Å²) in [7, 11) is 0. The monoisotopic (exact) mass is 732 g/mol. The van der Waals surface area contributed by atoms with Gasteiger partial charge in [-0.25, -0.2) is 4.79 Å². The summed E-state index contributed by atoms with van der Waals surface area (Å²) in [5.74, 6) is -0.333. The van der Waals surface area contributed by atoms with Crippen molar-refractivity contribution < 1.29 is 33.4 Å². The molecule has 1 unspecified atom stereocenters. The molecule has 3 amide bonds. The van der Waals surface area contributed by atoms with Crippen LogP contribution in [0.1, 0.15) is 79.2 Å². The van der Waals surface area contributed by atoms with E-state index in [1.807, 2.05) is 30.3 Å². The average molecular weight is 734 g/mol. The summed E-state index contributed by atoms with van der Waals surface area (Å²) >= 11 is 12.3. The molecular weight excluding hydrogens is 683 g/mol. The van der Waals surface area contributed by atoms with Crippen molar-refractivity contribution in [3.8, 4) is 5.75 Å². The van der Waals surface area contributed by atoms with Crippen LogP contribution in [0.25, 0.3) is 0 Å². The average Bonchev–Trinajstić information content (AvgIpc) is 3.38. The highest BCUT2D eigenvalue weighted by Gasteiger charge is 2.47. The molecule has 2 saturated heterocycles. The second-order valence-corrected chi connectivity index (χ2v) is 15.6. The smallest absolute Gasteiger partial charge is 0.407 e. The molecule has 2 fully saturated rings. The summed E-state index contributed by atoms with van der Waals surface area (Å²) < 4.78 is 17.1.